The molecular formula is C14H28N2O3. The minimum atomic E-state index is -0.634. The van der Waals surface area contributed by atoms with Gasteiger partial charge in [-0.3, -0.25) is 4.79 Å². The average molecular weight is 272 g/mol. The molecule has 0 saturated heterocycles. The first kappa shape index (κ1) is 16.4. The third-order valence-corrected chi connectivity index (χ3v) is 4.22. The third kappa shape index (κ3) is 4.44. The fourth-order valence-electron chi connectivity index (χ4n) is 2.96. The van der Waals surface area contributed by atoms with Crippen LogP contribution < -0.4 is 5.73 Å². The van der Waals surface area contributed by atoms with E-state index in [1.807, 2.05) is 0 Å². The van der Waals surface area contributed by atoms with Crippen molar-refractivity contribution in [2.75, 3.05) is 27.3 Å². The van der Waals surface area contributed by atoms with E-state index < -0.39 is 6.10 Å². The lowest BCUT2D eigenvalue weighted by Crippen LogP contribution is -2.47. The molecule has 5 atom stereocenters. The van der Waals surface area contributed by atoms with Crippen molar-refractivity contribution in [3.63, 3.8) is 0 Å². The number of aliphatic hydroxyl groups excluding tert-OH is 1. The van der Waals surface area contributed by atoms with Crippen LogP contribution in [0, 0.1) is 17.8 Å². The highest BCUT2D eigenvalue weighted by molar-refractivity contribution is 5.79. The van der Waals surface area contributed by atoms with Gasteiger partial charge in [0.05, 0.1) is 12.7 Å². The van der Waals surface area contributed by atoms with Gasteiger partial charge in [-0.25, -0.2) is 0 Å². The first-order valence-electron chi connectivity index (χ1n) is 7.04. The van der Waals surface area contributed by atoms with Gasteiger partial charge in [0.1, 0.15) is 0 Å². The molecule has 3 N–H and O–H groups in total. The Morgan fingerprint density at radius 1 is 1.42 bits per heavy atom. The summed E-state index contributed by atoms with van der Waals surface area (Å²) in [5.74, 6) is 0.892. The van der Waals surface area contributed by atoms with E-state index in [1.54, 1.807) is 11.9 Å². The van der Waals surface area contributed by atoms with E-state index in [2.05, 4.69) is 13.8 Å². The van der Waals surface area contributed by atoms with E-state index in [0.29, 0.717) is 18.4 Å². The Labute approximate surface area is 116 Å². The highest BCUT2D eigenvalue weighted by Crippen LogP contribution is 2.33. The molecule has 0 aromatic heterocycles. The summed E-state index contributed by atoms with van der Waals surface area (Å²) in [6, 6.07) is 0.0995. The molecule has 0 bridgehead atoms. The number of hydrogen-bond acceptors (Lipinski definition) is 4. The first-order chi connectivity index (χ1) is 8.86. The van der Waals surface area contributed by atoms with Crippen LogP contribution in [0.15, 0.2) is 0 Å². The van der Waals surface area contributed by atoms with Gasteiger partial charge < -0.3 is 20.5 Å². The highest BCUT2D eigenvalue weighted by Gasteiger charge is 2.36. The number of hydrogen-bond donors (Lipinski definition) is 2. The number of rotatable bonds is 5. The van der Waals surface area contributed by atoms with Gasteiger partial charge in [-0.15, -0.1) is 0 Å². The standard InChI is InChI=1S/C14H28N2O3/c1-9-5-10(2)13(15)6-12(9)14(18)16(3)7-11(17)8-19-4/h9-13,17H,5-8,15H2,1-4H3. The van der Waals surface area contributed by atoms with Gasteiger partial charge in [0.2, 0.25) is 5.91 Å². The van der Waals surface area contributed by atoms with Gasteiger partial charge in [-0.2, -0.15) is 0 Å². The van der Waals surface area contributed by atoms with Gasteiger partial charge >= 0.3 is 0 Å². The molecule has 1 aliphatic carbocycles. The van der Waals surface area contributed by atoms with Crippen LogP contribution >= 0.6 is 0 Å². The molecule has 0 aliphatic heterocycles. The first-order valence-corrected chi connectivity index (χ1v) is 7.04. The number of aliphatic hydroxyl groups is 1. The number of nitrogens with two attached hydrogens (primary N) is 1. The van der Waals surface area contributed by atoms with E-state index in [0.717, 1.165) is 12.8 Å². The molecule has 5 heteroatoms. The van der Waals surface area contributed by atoms with Gasteiger partial charge in [0.25, 0.3) is 0 Å². The second-order valence-corrected chi connectivity index (χ2v) is 6.02. The summed E-state index contributed by atoms with van der Waals surface area (Å²) in [6.45, 7) is 4.81. The summed E-state index contributed by atoms with van der Waals surface area (Å²) in [6.07, 6.45) is 1.10. The fraction of sp³-hybridized carbons (Fsp3) is 0.929. The van der Waals surface area contributed by atoms with E-state index in [9.17, 15) is 9.90 Å². The van der Waals surface area contributed by atoms with Crippen molar-refractivity contribution in [3.8, 4) is 0 Å². The van der Waals surface area contributed by atoms with Gasteiger partial charge in [0, 0.05) is 32.7 Å². The van der Waals surface area contributed by atoms with Crippen LogP contribution in [0.5, 0.6) is 0 Å². The topological polar surface area (TPSA) is 75.8 Å². The van der Waals surface area contributed by atoms with Crippen molar-refractivity contribution >= 4 is 5.91 Å². The lowest BCUT2D eigenvalue weighted by Gasteiger charge is -2.38. The molecule has 1 amide bonds. The number of amides is 1. The number of ether oxygens (including phenoxy) is 1. The summed E-state index contributed by atoms with van der Waals surface area (Å²) in [5, 5.41) is 9.68. The summed E-state index contributed by atoms with van der Waals surface area (Å²) in [4.78, 5) is 14.0. The Balaban J connectivity index is 2.56. The van der Waals surface area contributed by atoms with Gasteiger partial charge in [-0.05, 0) is 24.7 Å². The fourth-order valence-corrected chi connectivity index (χ4v) is 2.96. The molecule has 0 spiro atoms. The molecule has 0 radical (unpaired) electrons. The van der Waals surface area contributed by atoms with Crippen molar-refractivity contribution in [1.29, 1.82) is 0 Å². The highest BCUT2D eigenvalue weighted by atomic mass is 16.5. The molecule has 112 valence electrons. The second kappa shape index (κ2) is 7.22. The Bertz CT molecular complexity index is 298. The van der Waals surface area contributed by atoms with Crippen molar-refractivity contribution in [3.05, 3.63) is 0 Å². The second-order valence-electron chi connectivity index (χ2n) is 6.02. The summed E-state index contributed by atoms with van der Waals surface area (Å²) in [5.41, 5.74) is 6.08. The molecule has 19 heavy (non-hydrogen) atoms. The van der Waals surface area contributed by atoms with Crippen molar-refractivity contribution in [2.24, 2.45) is 23.5 Å². The average Bonchev–Trinajstić information content (AvgIpc) is 2.33. The quantitative estimate of drug-likeness (QED) is 0.762. The molecule has 1 rings (SSSR count). The van der Waals surface area contributed by atoms with Gasteiger partial charge in [0.15, 0.2) is 0 Å². The Hall–Kier alpha value is -0.650. The lowest BCUT2D eigenvalue weighted by atomic mass is 9.72. The lowest BCUT2D eigenvalue weighted by molar-refractivity contribution is -0.139. The smallest absolute Gasteiger partial charge is 0.225 e. The summed E-state index contributed by atoms with van der Waals surface area (Å²) >= 11 is 0. The van der Waals surface area contributed by atoms with Gasteiger partial charge in [-0.1, -0.05) is 13.8 Å². The van der Waals surface area contributed by atoms with Crippen molar-refractivity contribution in [2.45, 2.75) is 38.8 Å². The van der Waals surface area contributed by atoms with Crippen LogP contribution in [0.2, 0.25) is 0 Å². The van der Waals surface area contributed by atoms with Crippen LogP contribution in [0.25, 0.3) is 0 Å². The molecule has 1 saturated carbocycles. The predicted octanol–water partition coefficient (Wildman–Crippen LogP) is 0.462. The normalized spacial score (nSPS) is 32.9. The van der Waals surface area contributed by atoms with E-state index in [1.165, 1.54) is 7.11 Å². The number of nitrogens with zero attached hydrogens (tertiary/aromatic N) is 1. The zero-order valence-electron chi connectivity index (χ0n) is 12.5. The zero-order chi connectivity index (χ0) is 14.6. The predicted molar refractivity (Wildman–Crippen MR) is 74.5 cm³/mol. The van der Waals surface area contributed by atoms with E-state index >= 15 is 0 Å². The Morgan fingerprint density at radius 3 is 2.63 bits per heavy atom. The number of carbonyl (C=O) groups is 1. The van der Waals surface area contributed by atoms with E-state index in [4.69, 9.17) is 10.5 Å². The minimum absolute atomic E-state index is 0.0223. The number of methoxy groups -OCH3 is 1. The largest absolute Gasteiger partial charge is 0.389 e. The number of likely N-dealkylation sites (N-methyl/N-ethyl adjacent to an activating group) is 1. The molecule has 1 aliphatic rings. The maximum atomic E-state index is 12.4. The molecular weight excluding hydrogens is 244 g/mol. The molecule has 0 aromatic carbocycles. The van der Waals surface area contributed by atoms with Crippen LogP contribution in [0.4, 0.5) is 0 Å². The maximum Gasteiger partial charge on any atom is 0.225 e. The van der Waals surface area contributed by atoms with Crippen LogP contribution in [0.3, 0.4) is 0 Å². The molecule has 5 nitrogen and oxygen atoms in total. The van der Waals surface area contributed by atoms with E-state index in [-0.39, 0.29) is 24.5 Å². The van der Waals surface area contributed by atoms with Crippen LogP contribution in [0.1, 0.15) is 26.7 Å². The van der Waals surface area contributed by atoms with Crippen molar-refractivity contribution < 1.29 is 14.6 Å². The van der Waals surface area contributed by atoms with Crippen molar-refractivity contribution in [1.82, 2.24) is 4.90 Å². The maximum absolute atomic E-state index is 12.4. The molecule has 0 heterocycles. The Morgan fingerprint density at radius 2 is 2.05 bits per heavy atom. The third-order valence-electron chi connectivity index (χ3n) is 4.22. The summed E-state index contributed by atoms with van der Waals surface area (Å²) in [7, 11) is 3.27. The number of carbonyl (C=O) groups excluding carboxylic acids is 1. The van der Waals surface area contributed by atoms with Crippen LogP contribution in [-0.2, 0) is 9.53 Å². The Kier molecular flexibility index (Phi) is 6.23. The monoisotopic (exact) mass is 272 g/mol. The minimum Gasteiger partial charge on any atom is -0.389 e. The molecule has 5 unspecified atom stereocenters. The molecule has 0 aromatic rings. The zero-order valence-corrected chi connectivity index (χ0v) is 12.5. The van der Waals surface area contributed by atoms with Crippen LogP contribution in [-0.4, -0.2) is 55.4 Å². The summed E-state index contributed by atoms with van der Waals surface area (Å²) < 4.78 is 4.87. The SMILES string of the molecule is COCC(O)CN(C)C(=O)C1CC(N)C(C)CC1C. The molecule has 1 fully saturated rings.